The first kappa shape index (κ1) is 22.7. The summed E-state index contributed by atoms with van der Waals surface area (Å²) in [5.74, 6) is 2.06. The van der Waals surface area contributed by atoms with Crippen LogP contribution in [0, 0.1) is 0 Å². The summed E-state index contributed by atoms with van der Waals surface area (Å²) in [5, 5.41) is 3.24. The van der Waals surface area contributed by atoms with E-state index >= 15 is 0 Å². The number of rotatable bonds is 11. The number of carbonyl (C=O) groups is 1. The Labute approximate surface area is 177 Å². The van der Waals surface area contributed by atoms with Crippen molar-refractivity contribution in [2.75, 3.05) is 33.5 Å². The molecule has 7 heteroatoms. The fourth-order valence-corrected chi connectivity index (χ4v) is 3.07. The van der Waals surface area contributed by atoms with Gasteiger partial charge in [-0.05, 0) is 57.0 Å². The summed E-state index contributed by atoms with van der Waals surface area (Å²) in [5.41, 5.74) is 1.46. The highest BCUT2D eigenvalue weighted by Gasteiger charge is 2.15. The third kappa shape index (κ3) is 6.19. The van der Waals surface area contributed by atoms with E-state index in [1.165, 1.54) is 7.11 Å². The standard InChI is InChI=1S/C22H28ClNO5/c1-5-27-18-9-8-15(12-19(18)28-6-2)10-11-24-22(25)16-13-17(23)21(29-7-3)20(14-16)26-4/h8-9,12-14H,5-7,10-11H2,1-4H3,(H,24,25). The van der Waals surface area contributed by atoms with Crippen molar-refractivity contribution in [2.24, 2.45) is 0 Å². The van der Waals surface area contributed by atoms with Crippen LogP contribution in [0.25, 0.3) is 0 Å². The van der Waals surface area contributed by atoms with Gasteiger partial charge in [0, 0.05) is 12.1 Å². The molecule has 1 N–H and O–H groups in total. The average molecular weight is 422 g/mol. The molecule has 6 nitrogen and oxygen atoms in total. The van der Waals surface area contributed by atoms with Crippen LogP contribution in [0.5, 0.6) is 23.0 Å². The van der Waals surface area contributed by atoms with E-state index in [-0.39, 0.29) is 5.91 Å². The Bertz CT molecular complexity index is 825. The molecular formula is C22H28ClNO5. The van der Waals surface area contributed by atoms with Crippen molar-refractivity contribution in [1.29, 1.82) is 0 Å². The Morgan fingerprint density at radius 2 is 1.62 bits per heavy atom. The predicted molar refractivity (Wildman–Crippen MR) is 114 cm³/mol. The Morgan fingerprint density at radius 1 is 0.931 bits per heavy atom. The van der Waals surface area contributed by atoms with Crippen molar-refractivity contribution in [2.45, 2.75) is 27.2 Å². The fourth-order valence-electron chi connectivity index (χ4n) is 2.81. The van der Waals surface area contributed by atoms with Gasteiger partial charge in [-0.2, -0.15) is 0 Å². The van der Waals surface area contributed by atoms with E-state index in [0.29, 0.717) is 60.6 Å². The molecule has 0 fully saturated rings. The summed E-state index contributed by atoms with van der Waals surface area (Å²) >= 11 is 6.24. The SMILES string of the molecule is CCOc1ccc(CCNC(=O)c2cc(Cl)c(OCC)c(OC)c2)cc1OCC. The Balaban J connectivity index is 2.02. The average Bonchev–Trinajstić information content (AvgIpc) is 2.71. The first-order chi connectivity index (χ1) is 14.0. The van der Waals surface area contributed by atoms with Crippen LogP contribution in [-0.2, 0) is 6.42 Å². The van der Waals surface area contributed by atoms with Crippen LogP contribution in [0.1, 0.15) is 36.7 Å². The van der Waals surface area contributed by atoms with Gasteiger partial charge in [-0.3, -0.25) is 4.79 Å². The van der Waals surface area contributed by atoms with E-state index in [0.717, 1.165) is 11.3 Å². The molecule has 2 aromatic rings. The second-order valence-electron chi connectivity index (χ2n) is 6.08. The van der Waals surface area contributed by atoms with Gasteiger partial charge in [-0.15, -0.1) is 0 Å². The maximum atomic E-state index is 12.5. The van der Waals surface area contributed by atoms with E-state index in [1.54, 1.807) is 12.1 Å². The minimum atomic E-state index is -0.232. The number of hydrogen-bond acceptors (Lipinski definition) is 5. The number of halogens is 1. The third-order valence-corrected chi connectivity index (χ3v) is 4.37. The maximum Gasteiger partial charge on any atom is 0.251 e. The molecule has 2 rings (SSSR count). The lowest BCUT2D eigenvalue weighted by molar-refractivity contribution is 0.0953. The van der Waals surface area contributed by atoms with Gasteiger partial charge in [-0.1, -0.05) is 17.7 Å². The molecular weight excluding hydrogens is 394 g/mol. The van der Waals surface area contributed by atoms with Crippen LogP contribution >= 0.6 is 11.6 Å². The van der Waals surface area contributed by atoms with Crippen LogP contribution in [0.3, 0.4) is 0 Å². The number of nitrogens with one attached hydrogen (secondary N) is 1. The largest absolute Gasteiger partial charge is 0.493 e. The molecule has 29 heavy (non-hydrogen) atoms. The minimum Gasteiger partial charge on any atom is -0.493 e. The van der Waals surface area contributed by atoms with Crippen molar-refractivity contribution in [3.63, 3.8) is 0 Å². The summed E-state index contributed by atoms with van der Waals surface area (Å²) in [6.07, 6.45) is 0.653. The first-order valence-electron chi connectivity index (χ1n) is 9.71. The molecule has 0 aliphatic carbocycles. The van der Waals surface area contributed by atoms with Crippen LogP contribution < -0.4 is 24.3 Å². The normalized spacial score (nSPS) is 10.4. The molecule has 0 bridgehead atoms. The van der Waals surface area contributed by atoms with Crippen molar-refractivity contribution in [1.82, 2.24) is 5.32 Å². The number of carbonyl (C=O) groups excluding carboxylic acids is 1. The van der Waals surface area contributed by atoms with Crippen molar-refractivity contribution in [3.05, 3.63) is 46.5 Å². The lowest BCUT2D eigenvalue weighted by Crippen LogP contribution is -2.25. The summed E-state index contributed by atoms with van der Waals surface area (Å²) in [4.78, 5) is 12.5. The zero-order valence-corrected chi connectivity index (χ0v) is 18.1. The quantitative estimate of drug-likeness (QED) is 0.578. The number of methoxy groups -OCH3 is 1. The first-order valence-corrected chi connectivity index (χ1v) is 10.1. The summed E-state index contributed by atoms with van der Waals surface area (Å²) in [6, 6.07) is 9.00. The van der Waals surface area contributed by atoms with E-state index in [9.17, 15) is 4.79 Å². The molecule has 0 spiro atoms. The van der Waals surface area contributed by atoms with E-state index in [2.05, 4.69) is 5.32 Å². The third-order valence-electron chi connectivity index (χ3n) is 4.09. The predicted octanol–water partition coefficient (Wildman–Crippen LogP) is 4.52. The lowest BCUT2D eigenvalue weighted by Gasteiger charge is -2.14. The lowest BCUT2D eigenvalue weighted by atomic mass is 10.1. The zero-order chi connectivity index (χ0) is 21.2. The summed E-state index contributed by atoms with van der Waals surface area (Å²) < 4.78 is 22.0. The highest BCUT2D eigenvalue weighted by atomic mass is 35.5. The number of ether oxygens (including phenoxy) is 4. The number of benzene rings is 2. The molecule has 0 aliphatic heterocycles. The van der Waals surface area contributed by atoms with Gasteiger partial charge in [0.2, 0.25) is 0 Å². The monoisotopic (exact) mass is 421 g/mol. The smallest absolute Gasteiger partial charge is 0.251 e. The van der Waals surface area contributed by atoms with Gasteiger partial charge in [0.05, 0.1) is 32.0 Å². The second kappa shape index (κ2) is 11.4. The van der Waals surface area contributed by atoms with E-state index in [1.807, 2.05) is 39.0 Å². The van der Waals surface area contributed by atoms with Gasteiger partial charge in [0.15, 0.2) is 23.0 Å². The van der Waals surface area contributed by atoms with Gasteiger partial charge < -0.3 is 24.3 Å². The zero-order valence-electron chi connectivity index (χ0n) is 17.3. The fraction of sp³-hybridized carbons (Fsp3) is 0.409. The van der Waals surface area contributed by atoms with E-state index in [4.69, 9.17) is 30.5 Å². The highest BCUT2D eigenvalue weighted by molar-refractivity contribution is 6.32. The summed E-state index contributed by atoms with van der Waals surface area (Å²) in [7, 11) is 1.51. The topological polar surface area (TPSA) is 66.0 Å². The minimum absolute atomic E-state index is 0.232. The Hall–Kier alpha value is -2.60. The number of hydrogen-bond donors (Lipinski definition) is 1. The van der Waals surface area contributed by atoms with Gasteiger partial charge in [0.25, 0.3) is 5.91 Å². The Morgan fingerprint density at radius 3 is 2.28 bits per heavy atom. The van der Waals surface area contributed by atoms with Gasteiger partial charge in [0.1, 0.15) is 0 Å². The van der Waals surface area contributed by atoms with Crippen LogP contribution in [-0.4, -0.2) is 39.4 Å². The molecule has 0 heterocycles. The maximum absolute atomic E-state index is 12.5. The van der Waals surface area contributed by atoms with E-state index < -0.39 is 0 Å². The van der Waals surface area contributed by atoms with Gasteiger partial charge in [-0.25, -0.2) is 0 Å². The molecule has 1 amide bonds. The van der Waals surface area contributed by atoms with Crippen molar-refractivity contribution in [3.8, 4) is 23.0 Å². The van der Waals surface area contributed by atoms with Crippen molar-refractivity contribution < 1.29 is 23.7 Å². The molecule has 0 saturated carbocycles. The Kier molecular flexibility index (Phi) is 8.93. The molecule has 0 aromatic heterocycles. The molecule has 0 aliphatic rings. The molecule has 0 radical (unpaired) electrons. The molecule has 158 valence electrons. The second-order valence-corrected chi connectivity index (χ2v) is 6.48. The molecule has 0 atom stereocenters. The van der Waals surface area contributed by atoms with Crippen LogP contribution in [0.2, 0.25) is 5.02 Å². The molecule has 0 saturated heterocycles. The number of amides is 1. The highest BCUT2D eigenvalue weighted by Crippen LogP contribution is 2.36. The molecule has 2 aromatic carbocycles. The summed E-state index contributed by atoms with van der Waals surface area (Å²) in [6.45, 7) is 7.76. The van der Waals surface area contributed by atoms with Gasteiger partial charge >= 0.3 is 0 Å². The van der Waals surface area contributed by atoms with Crippen molar-refractivity contribution >= 4 is 17.5 Å². The van der Waals surface area contributed by atoms with Crippen LogP contribution in [0.4, 0.5) is 0 Å². The molecule has 0 unspecified atom stereocenters. The van der Waals surface area contributed by atoms with Crippen LogP contribution in [0.15, 0.2) is 30.3 Å².